The van der Waals surface area contributed by atoms with Crippen molar-refractivity contribution in [2.75, 3.05) is 10.9 Å². The van der Waals surface area contributed by atoms with Crippen LogP contribution in [0.5, 0.6) is 11.5 Å². The van der Waals surface area contributed by atoms with Crippen LogP contribution in [0, 0.1) is 10.8 Å². The number of nitrogens with two attached hydrogens (primary N) is 2. The van der Waals surface area contributed by atoms with E-state index in [-0.39, 0.29) is 58.4 Å². The van der Waals surface area contributed by atoms with Crippen molar-refractivity contribution in [3.8, 4) is 11.5 Å². The van der Waals surface area contributed by atoms with Crippen LogP contribution < -0.4 is 33.2 Å². The Morgan fingerprint density at radius 2 is 1.03 bits per heavy atom. The van der Waals surface area contributed by atoms with Crippen molar-refractivity contribution in [2.45, 2.75) is 0 Å². The highest BCUT2D eigenvalue weighted by atomic mass is 35.5. The van der Waals surface area contributed by atoms with Gasteiger partial charge in [-0.15, -0.1) is 24.8 Å². The molecule has 0 saturated carbocycles. The van der Waals surface area contributed by atoms with Crippen LogP contribution in [0.4, 0.5) is 11.4 Å². The zero-order valence-corrected chi connectivity index (χ0v) is 16.6. The summed E-state index contributed by atoms with van der Waals surface area (Å²) in [5.41, 5.74) is 19.4. The van der Waals surface area contributed by atoms with E-state index in [1.165, 1.54) is 12.1 Å². The predicted octanol–water partition coefficient (Wildman–Crippen LogP) is 0.337. The molecule has 30 heavy (non-hydrogen) atoms. The molecule has 1 aliphatic carbocycles. The summed E-state index contributed by atoms with van der Waals surface area (Å²) in [6.07, 6.45) is 0. The molecule has 3 rings (SSSR count). The third kappa shape index (κ3) is 4.09. The van der Waals surface area contributed by atoms with Crippen LogP contribution in [0.2, 0.25) is 0 Å². The van der Waals surface area contributed by atoms with Crippen molar-refractivity contribution in [3.05, 3.63) is 46.5 Å². The standard InChI is InChI=1S/C16H16N8O4.2ClH/c17-15(18)23-21-5-1-2-6(22-24-16(19)20)10-9(5)13(27)11-7(25)3-4-8(26)12(11)14(10)28;;/h1-4,21-22,25-26H,(H4,17,18,23)(H4,19,20,24);2*1H. The highest BCUT2D eigenvalue weighted by molar-refractivity contribution is 6.33. The van der Waals surface area contributed by atoms with Gasteiger partial charge in [-0.05, 0) is 24.3 Å². The summed E-state index contributed by atoms with van der Waals surface area (Å²) >= 11 is 0. The normalized spacial score (nSPS) is 11.1. The van der Waals surface area contributed by atoms with Gasteiger partial charge in [0.15, 0.2) is 0 Å². The van der Waals surface area contributed by atoms with Gasteiger partial charge < -0.3 is 21.7 Å². The number of anilines is 2. The summed E-state index contributed by atoms with van der Waals surface area (Å²) in [7, 11) is 0. The lowest BCUT2D eigenvalue weighted by molar-refractivity contribution is 0.0975. The number of nitrogens with one attached hydrogen (secondary N) is 6. The molecule has 12 N–H and O–H groups in total. The van der Waals surface area contributed by atoms with E-state index in [1.54, 1.807) is 0 Å². The molecule has 0 spiro atoms. The molecule has 0 fully saturated rings. The number of hydrazine groups is 2. The Morgan fingerprint density at radius 3 is 1.33 bits per heavy atom. The number of phenols is 2. The van der Waals surface area contributed by atoms with Crippen LogP contribution in [-0.4, -0.2) is 33.7 Å². The van der Waals surface area contributed by atoms with E-state index in [0.29, 0.717) is 0 Å². The molecule has 0 heterocycles. The summed E-state index contributed by atoms with van der Waals surface area (Å²) < 4.78 is 0. The molecule has 0 bridgehead atoms. The van der Waals surface area contributed by atoms with Crippen molar-refractivity contribution in [1.29, 1.82) is 10.8 Å². The predicted molar refractivity (Wildman–Crippen MR) is 115 cm³/mol. The van der Waals surface area contributed by atoms with Gasteiger partial charge >= 0.3 is 0 Å². The van der Waals surface area contributed by atoms with Crippen LogP contribution in [0.25, 0.3) is 0 Å². The van der Waals surface area contributed by atoms with E-state index in [4.69, 9.17) is 22.3 Å². The van der Waals surface area contributed by atoms with Crippen LogP contribution in [-0.2, 0) is 0 Å². The number of rotatable bonds is 4. The maximum atomic E-state index is 13.1. The van der Waals surface area contributed by atoms with E-state index >= 15 is 0 Å². The molecule has 1 aliphatic rings. The molecule has 0 saturated heterocycles. The minimum Gasteiger partial charge on any atom is -0.507 e. The SMILES string of the molecule is Cl.Cl.N=C(N)NNc1ccc(NNC(=N)N)c2c1C(=O)c1c(O)ccc(O)c1C2=O. The van der Waals surface area contributed by atoms with E-state index in [2.05, 4.69) is 21.7 Å². The number of ketones is 2. The smallest absolute Gasteiger partial charge is 0.204 e. The molecule has 2 aromatic rings. The first-order valence-electron chi connectivity index (χ1n) is 7.75. The Bertz CT molecular complexity index is 978. The number of carbonyl (C=O) groups excluding carboxylic acids is 2. The third-order valence-corrected chi connectivity index (χ3v) is 3.94. The van der Waals surface area contributed by atoms with Gasteiger partial charge in [0.25, 0.3) is 0 Å². The lowest BCUT2D eigenvalue weighted by atomic mass is 9.81. The Labute approximate surface area is 181 Å². The fraction of sp³-hybridized carbons (Fsp3) is 0. The summed E-state index contributed by atoms with van der Waals surface area (Å²) in [4.78, 5) is 26.2. The molecule has 0 aromatic heterocycles. The van der Waals surface area contributed by atoms with Crippen LogP contribution in [0.1, 0.15) is 31.8 Å². The number of hydrogen-bond acceptors (Lipinski definition) is 8. The zero-order chi connectivity index (χ0) is 20.6. The molecule has 14 heteroatoms. The second-order valence-electron chi connectivity index (χ2n) is 5.75. The van der Waals surface area contributed by atoms with Crippen molar-refractivity contribution in [3.63, 3.8) is 0 Å². The largest absolute Gasteiger partial charge is 0.507 e. The number of phenolic OH excluding ortho intramolecular Hbond substituents is 2. The Morgan fingerprint density at radius 1 is 0.700 bits per heavy atom. The number of aromatic hydroxyl groups is 2. The summed E-state index contributed by atoms with van der Waals surface area (Å²) in [6, 6.07) is 5.03. The summed E-state index contributed by atoms with van der Waals surface area (Å²) in [5.74, 6) is -3.30. The Hall–Kier alpha value is -3.90. The minimum absolute atomic E-state index is 0. The van der Waals surface area contributed by atoms with E-state index in [9.17, 15) is 19.8 Å². The molecule has 0 atom stereocenters. The second kappa shape index (κ2) is 9.07. The van der Waals surface area contributed by atoms with Crippen molar-refractivity contribution in [2.24, 2.45) is 11.5 Å². The van der Waals surface area contributed by atoms with Crippen molar-refractivity contribution in [1.82, 2.24) is 10.9 Å². The highest BCUT2D eigenvalue weighted by Gasteiger charge is 2.38. The molecular weight excluding hydrogens is 439 g/mol. The number of guanidine groups is 2. The number of fused-ring (bicyclic) bond motifs is 2. The molecule has 12 nitrogen and oxygen atoms in total. The lowest BCUT2D eigenvalue weighted by Gasteiger charge is -2.24. The first kappa shape index (κ1) is 24.1. The second-order valence-corrected chi connectivity index (χ2v) is 5.75. The lowest BCUT2D eigenvalue weighted by Crippen LogP contribution is -2.37. The maximum absolute atomic E-state index is 13.1. The average Bonchev–Trinajstić information content (AvgIpc) is 2.64. The van der Waals surface area contributed by atoms with Crippen LogP contribution in [0.3, 0.4) is 0 Å². The Balaban J connectivity index is 0.00000225. The van der Waals surface area contributed by atoms with E-state index < -0.39 is 35.0 Å². The Kier molecular flexibility index (Phi) is 7.29. The number of halogens is 2. The molecule has 2 aromatic carbocycles. The number of carbonyl (C=O) groups is 2. The summed E-state index contributed by atoms with van der Waals surface area (Å²) in [5, 5.41) is 34.7. The van der Waals surface area contributed by atoms with Crippen molar-refractivity contribution < 1.29 is 19.8 Å². The molecule has 0 amide bonds. The first-order chi connectivity index (χ1) is 13.2. The summed E-state index contributed by atoms with van der Waals surface area (Å²) in [6.45, 7) is 0. The van der Waals surface area contributed by atoms with Gasteiger partial charge in [-0.2, -0.15) is 0 Å². The quantitative estimate of drug-likeness (QED) is 0.112. The van der Waals surface area contributed by atoms with Crippen LogP contribution in [0.15, 0.2) is 24.3 Å². The van der Waals surface area contributed by atoms with Crippen molar-refractivity contribution >= 4 is 59.7 Å². The minimum atomic E-state index is -0.739. The maximum Gasteiger partial charge on any atom is 0.204 e. The highest BCUT2D eigenvalue weighted by Crippen LogP contribution is 2.42. The van der Waals surface area contributed by atoms with Gasteiger partial charge in [-0.3, -0.25) is 42.1 Å². The average molecular weight is 457 g/mol. The number of hydrogen-bond donors (Lipinski definition) is 10. The van der Waals surface area contributed by atoms with Gasteiger partial charge in [0.1, 0.15) is 11.5 Å². The van der Waals surface area contributed by atoms with Gasteiger partial charge in [0, 0.05) is 0 Å². The fourth-order valence-corrected chi connectivity index (χ4v) is 2.84. The van der Waals surface area contributed by atoms with E-state index in [1.807, 2.05) is 0 Å². The fourth-order valence-electron chi connectivity index (χ4n) is 2.84. The number of benzene rings is 2. The molecule has 0 unspecified atom stereocenters. The first-order valence-corrected chi connectivity index (χ1v) is 7.75. The van der Waals surface area contributed by atoms with Gasteiger partial charge in [-0.1, -0.05) is 0 Å². The molecular formula is C16H18Cl2N8O4. The molecule has 0 radical (unpaired) electrons. The topological polar surface area (TPSA) is 222 Å². The zero-order valence-electron chi connectivity index (χ0n) is 15.0. The molecule has 0 aliphatic heterocycles. The van der Waals surface area contributed by atoms with Gasteiger partial charge in [-0.25, -0.2) is 0 Å². The third-order valence-electron chi connectivity index (χ3n) is 3.94. The monoisotopic (exact) mass is 456 g/mol. The van der Waals surface area contributed by atoms with Gasteiger partial charge in [0.05, 0.1) is 33.6 Å². The van der Waals surface area contributed by atoms with Crippen LogP contribution >= 0.6 is 24.8 Å². The van der Waals surface area contributed by atoms with E-state index in [0.717, 1.165) is 12.1 Å². The molecule has 160 valence electrons. The van der Waals surface area contributed by atoms with Gasteiger partial charge in [0.2, 0.25) is 23.5 Å².